The maximum absolute atomic E-state index is 14.7. The van der Waals surface area contributed by atoms with E-state index in [0.29, 0.717) is 38.9 Å². The summed E-state index contributed by atoms with van der Waals surface area (Å²) in [6, 6.07) is 9.04. The second-order valence-corrected chi connectivity index (χ2v) is 14.5. The second-order valence-electron chi connectivity index (χ2n) is 11.8. The van der Waals surface area contributed by atoms with E-state index < -0.39 is 22.6 Å². The minimum absolute atomic E-state index is 0.0106. The van der Waals surface area contributed by atoms with Crippen molar-refractivity contribution >= 4 is 51.1 Å². The van der Waals surface area contributed by atoms with Crippen LogP contribution in [0.4, 0.5) is 5.69 Å². The van der Waals surface area contributed by atoms with Crippen LogP contribution in [-0.4, -0.2) is 85.8 Å². The second kappa shape index (κ2) is 13.0. The third-order valence-electron chi connectivity index (χ3n) is 9.39. The van der Waals surface area contributed by atoms with Gasteiger partial charge in [-0.3, -0.25) is 14.4 Å². The molecule has 4 fully saturated rings. The lowest BCUT2D eigenvalue weighted by Crippen LogP contribution is -2.57. The summed E-state index contributed by atoms with van der Waals surface area (Å²) >= 11 is 5.57. The van der Waals surface area contributed by atoms with Crippen molar-refractivity contribution in [1.82, 2.24) is 9.80 Å². The van der Waals surface area contributed by atoms with Crippen molar-refractivity contribution in [1.29, 1.82) is 0 Å². The molecule has 1 aromatic rings. The Morgan fingerprint density at radius 2 is 1.78 bits per heavy atom. The van der Waals surface area contributed by atoms with Crippen LogP contribution < -0.4 is 4.90 Å². The number of thioether (sulfide) groups is 1. The highest BCUT2D eigenvalue weighted by atomic mass is 79.9. The van der Waals surface area contributed by atoms with Gasteiger partial charge in [-0.15, -0.1) is 24.9 Å². The number of amides is 3. The molecule has 5 rings (SSSR count). The zero-order valence-electron chi connectivity index (χ0n) is 23.7. The average molecular weight is 645 g/mol. The first-order valence-corrected chi connectivity index (χ1v) is 16.8. The molecule has 41 heavy (non-hydrogen) atoms. The predicted molar refractivity (Wildman–Crippen MR) is 168 cm³/mol. The van der Waals surface area contributed by atoms with Gasteiger partial charge in [-0.2, -0.15) is 0 Å². The molecule has 1 saturated carbocycles. The molecule has 2 bridgehead atoms. The van der Waals surface area contributed by atoms with Crippen LogP contribution in [0.3, 0.4) is 0 Å². The van der Waals surface area contributed by atoms with E-state index >= 15 is 0 Å². The van der Waals surface area contributed by atoms with Gasteiger partial charge in [-0.05, 0) is 44.2 Å². The molecular formula is C32H42BrN3O4S. The number of benzene rings is 1. The summed E-state index contributed by atoms with van der Waals surface area (Å²) < 4.78 is -0.683. The topological polar surface area (TPSA) is 81.2 Å². The SMILES string of the molecule is C=CCN(C(=O)[C@H]1[C@H]2C(=O)N(CCCCO)C(C(=O)N(CC=C)C3CCCCC3)C23CC(Br)[C@@H]1S3)c1ccccc1. The van der Waals surface area contributed by atoms with E-state index in [1.807, 2.05) is 35.2 Å². The Bertz CT molecular complexity index is 1150. The molecule has 6 atom stereocenters. The maximum atomic E-state index is 14.7. The fourth-order valence-electron chi connectivity index (χ4n) is 7.67. The quantitative estimate of drug-likeness (QED) is 0.201. The third kappa shape index (κ3) is 5.42. The number of anilines is 1. The molecule has 7 nitrogen and oxygen atoms in total. The number of para-hydroxylation sites is 1. The fourth-order valence-corrected chi connectivity index (χ4v) is 11.3. The van der Waals surface area contributed by atoms with Crippen LogP contribution in [0.25, 0.3) is 0 Å². The fraction of sp³-hybridized carbons (Fsp3) is 0.594. The third-order valence-corrected chi connectivity index (χ3v) is 12.6. The zero-order valence-corrected chi connectivity index (χ0v) is 26.1. The van der Waals surface area contributed by atoms with Crippen LogP contribution in [0.2, 0.25) is 0 Å². The molecule has 3 amide bonds. The van der Waals surface area contributed by atoms with Crippen LogP contribution in [0.5, 0.6) is 0 Å². The molecule has 1 aromatic carbocycles. The largest absolute Gasteiger partial charge is 0.396 e. The van der Waals surface area contributed by atoms with Crippen LogP contribution in [0.1, 0.15) is 51.4 Å². The highest BCUT2D eigenvalue weighted by Crippen LogP contribution is 2.68. The van der Waals surface area contributed by atoms with E-state index in [2.05, 4.69) is 29.1 Å². The number of fused-ring (bicyclic) bond motifs is 1. The first-order chi connectivity index (χ1) is 19.9. The number of aliphatic hydroxyl groups excluding tert-OH is 1. The summed E-state index contributed by atoms with van der Waals surface area (Å²) in [6.45, 7) is 9.07. The van der Waals surface area contributed by atoms with E-state index in [9.17, 15) is 19.5 Å². The number of likely N-dealkylation sites (tertiary alicyclic amines) is 1. The molecular weight excluding hydrogens is 602 g/mol. The van der Waals surface area contributed by atoms with Gasteiger partial charge < -0.3 is 19.8 Å². The molecule has 4 aliphatic rings. The van der Waals surface area contributed by atoms with Gasteiger partial charge in [0.15, 0.2) is 0 Å². The van der Waals surface area contributed by atoms with Crippen molar-refractivity contribution < 1.29 is 19.5 Å². The summed E-state index contributed by atoms with van der Waals surface area (Å²) in [5.74, 6) is -1.32. The summed E-state index contributed by atoms with van der Waals surface area (Å²) in [5.41, 5.74) is 0.776. The lowest BCUT2D eigenvalue weighted by molar-refractivity contribution is -0.144. The van der Waals surface area contributed by atoms with Crippen molar-refractivity contribution in [2.75, 3.05) is 31.1 Å². The number of hydrogen-bond donors (Lipinski definition) is 1. The van der Waals surface area contributed by atoms with Crippen molar-refractivity contribution in [3.63, 3.8) is 0 Å². The maximum Gasteiger partial charge on any atom is 0.247 e. The average Bonchev–Trinajstić information content (AvgIpc) is 3.58. The van der Waals surface area contributed by atoms with Gasteiger partial charge in [0, 0.05) is 48.0 Å². The number of carbonyl (C=O) groups excluding carboxylic acids is 3. The molecule has 3 heterocycles. The van der Waals surface area contributed by atoms with Crippen LogP contribution in [-0.2, 0) is 14.4 Å². The number of halogens is 1. The molecule has 1 spiro atoms. The molecule has 9 heteroatoms. The van der Waals surface area contributed by atoms with Crippen molar-refractivity contribution in [3.05, 3.63) is 55.6 Å². The smallest absolute Gasteiger partial charge is 0.247 e. The Kier molecular flexibility index (Phi) is 9.66. The molecule has 1 aliphatic carbocycles. The van der Waals surface area contributed by atoms with Gasteiger partial charge in [-0.1, -0.05) is 65.5 Å². The first-order valence-electron chi connectivity index (χ1n) is 15.0. The van der Waals surface area contributed by atoms with E-state index in [1.165, 1.54) is 6.42 Å². The first kappa shape index (κ1) is 30.4. The monoisotopic (exact) mass is 643 g/mol. The van der Waals surface area contributed by atoms with Crippen molar-refractivity contribution in [2.24, 2.45) is 11.8 Å². The molecule has 222 valence electrons. The number of nitrogens with zero attached hydrogens (tertiary/aromatic N) is 3. The highest BCUT2D eigenvalue weighted by molar-refractivity contribution is 9.09. The Labute approximate surface area is 256 Å². The standard InChI is InChI=1S/C32H42BrN3O4S/c1-3-17-34(22-13-7-5-8-14-22)29(38)25-26-30(39)36(19-11-12-20-37)28(32(26)21-24(33)27(25)41-32)31(40)35(18-4-2)23-15-9-6-10-16-23/h3-5,7-8,13-14,23-28,37H,1-2,6,9-12,15-21H2/t24?,25-,26-,27-,28?,32?/m0/s1. The normalized spacial score (nSPS) is 30.7. The van der Waals surface area contributed by atoms with Gasteiger partial charge in [0.1, 0.15) is 6.04 Å². The number of carbonyl (C=O) groups is 3. The molecule has 3 unspecified atom stereocenters. The number of rotatable bonds is 12. The van der Waals surface area contributed by atoms with Gasteiger partial charge in [-0.25, -0.2) is 0 Å². The minimum Gasteiger partial charge on any atom is -0.396 e. The summed E-state index contributed by atoms with van der Waals surface area (Å²) in [7, 11) is 0. The molecule has 3 aliphatic heterocycles. The van der Waals surface area contributed by atoms with Gasteiger partial charge in [0.2, 0.25) is 17.7 Å². The number of aliphatic hydroxyl groups is 1. The number of unbranched alkanes of at least 4 members (excludes halogenated alkanes) is 1. The van der Waals surface area contributed by atoms with Gasteiger partial charge >= 0.3 is 0 Å². The Balaban J connectivity index is 1.54. The lowest BCUT2D eigenvalue weighted by atomic mass is 9.70. The number of alkyl halides is 1. The van der Waals surface area contributed by atoms with Crippen molar-refractivity contribution in [2.45, 2.75) is 78.3 Å². The zero-order chi connectivity index (χ0) is 29.1. The summed E-state index contributed by atoms with van der Waals surface area (Å²) in [4.78, 5) is 49.0. The summed E-state index contributed by atoms with van der Waals surface area (Å²) in [6.07, 6.45) is 10.6. The predicted octanol–water partition coefficient (Wildman–Crippen LogP) is 4.79. The van der Waals surface area contributed by atoms with Crippen LogP contribution >= 0.6 is 27.7 Å². The van der Waals surface area contributed by atoms with Gasteiger partial charge in [0.05, 0.1) is 16.6 Å². The minimum atomic E-state index is -0.683. The van der Waals surface area contributed by atoms with Gasteiger partial charge in [0.25, 0.3) is 0 Å². The van der Waals surface area contributed by atoms with Crippen LogP contribution in [0.15, 0.2) is 55.6 Å². The molecule has 3 saturated heterocycles. The Morgan fingerprint density at radius 3 is 2.44 bits per heavy atom. The molecule has 1 N–H and O–H groups in total. The lowest BCUT2D eigenvalue weighted by Gasteiger charge is -2.41. The molecule has 0 radical (unpaired) electrons. The van der Waals surface area contributed by atoms with E-state index in [4.69, 9.17) is 0 Å². The number of hydrogen-bond acceptors (Lipinski definition) is 5. The molecule has 0 aromatic heterocycles. The van der Waals surface area contributed by atoms with Crippen molar-refractivity contribution in [3.8, 4) is 0 Å². The van der Waals surface area contributed by atoms with E-state index in [-0.39, 0.29) is 40.4 Å². The Hall–Kier alpha value is -2.10. The van der Waals surface area contributed by atoms with E-state index in [1.54, 1.807) is 33.7 Å². The van der Waals surface area contributed by atoms with Crippen LogP contribution in [0, 0.1) is 11.8 Å². The highest BCUT2D eigenvalue weighted by Gasteiger charge is 2.76. The van der Waals surface area contributed by atoms with E-state index in [0.717, 1.165) is 31.4 Å². The Morgan fingerprint density at radius 1 is 1.07 bits per heavy atom. The summed E-state index contributed by atoms with van der Waals surface area (Å²) in [5, 5.41) is 9.38.